The van der Waals surface area contributed by atoms with Crippen LogP contribution in [0.25, 0.3) is 78.1 Å². The summed E-state index contributed by atoms with van der Waals surface area (Å²) in [7, 11) is 0. The van der Waals surface area contributed by atoms with Crippen molar-refractivity contribution in [3.63, 3.8) is 0 Å². The quantitative estimate of drug-likeness (QED) is 0.120. The predicted molar refractivity (Wildman–Crippen MR) is 443 cm³/mol. The highest BCUT2D eigenvalue weighted by Gasteiger charge is 2.45. The van der Waals surface area contributed by atoms with Crippen LogP contribution in [0.3, 0.4) is 0 Å². The standard InChI is InChI=1S/C99H100BN3/c1-96(2,3)81-49-77(50-82(63-81)97(4,5)6)78-59-89(79-51-83(98(7,8)9)64-84(52-79)99(10,11)12)101-90(60-78)80-61-93-95-94(62-80)103(86-55-75(69-39-27-17-28-40-69)48-76(56-86)70-41-29-18-30-42-70)92-46-44-72(66-33-21-14-22-34-66)58-88(92)100(95)87-57-71(65-31-19-13-20-32-65)43-45-91(87)102(93)85-53-73(67-35-23-15-24-36-67)47-74(54-85)68-37-25-16-26-38-68/h15-18,23-30,35-66H,13-14,19-22,31-34H2,1-12H3. The van der Waals surface area contributed by atoms with Gasteiger partial charge in [-0.2, -0.15) is 0 Å². The molecule has 0 unspecified atom stereocenters. The van der Waals surface area contributed by atoms with Crippen LogP contribution in [-0.2, 0) is 21.7 Å². The molecule has 11 aromatic carbocycles. The number of anilines is 6. The van der Waals surface area contributed by atoms with Gasteiger partial charge in [-0.1, -0.05) is 291 Å². The molecule has 0 radical (unpaired) electrons. The van der Waals surface area contributed by atoms with E-state index in [2.05, 4.69) is 348 Å². The van der Waals surface area contributed by atoms with Gasteiger partial charge in [0.15, 0.2) is 0 Å². The molecule has 0 saturated heterocycles. The van der Waals surface area contributed by atoms with E-state index in [4.69, 9.17) is 4.98 Å². The average Bonchev–Trinajstić information content (AvgIpc) is 0.692. The molecular weight excluding hydrogens is 1240 g/mol. The molecule has 103 heavy (non-hydrogen) atoms. The highest BCUT2D eigenvalue weighted by atomic mass is 15.2. The zero-order chi connectivity index (χ0) is 71.1. The van der Waals surface area contributed by atoms with Gasteiger partial charge in [-0.25, -0.2) is 4.98 Å². The third-order valence-electron chi connectivity index (χ3n) is 23.1. The minimum Gasteiger partial charge on any atom is -0.311 e. The van der Waals surface area contributed by atoms with Crippen LogP contribution < -0.4 is 26.2 Å². The molecule has 1 aromatic heterocycles. The fourth-order valence-electron chi connectivity index (χ4n) is 17.1. The summed E-state index contributed by atoms with van der Waals surface area (Å²) < 4.78 is 0. The Hall–Kier alpha value is -9.77. The molecule has 16 rings (SSSR count). The second-order valence-electron chi connectivity index (χ2n) is 34.6. The number of aromatic nitrogens is 1. The molecule has 0 spiro atoms. The Morgan fingerprint density at radius 3 is 0.903 bits per heavy atom. The summed E-state index contributed by atoms with van der Waals surface area (Å²) in [4.78, 5) is 11.5. The Bertz CT molecular complexity index is 4650. The van der Waals surface area contributed by atoms with Gasteiger partial charge < -0.3 is 9.80 Å². The van der Waals surface area contributed by atoms with E-state index in [1.54, 1.807) is 0 Å². The molecule has 0 amide bonds. The molecule has 12 aromatic rings. The lowest BCUT2D eigenvalue weighted by Crippen LogP contribution is -2.61. The molecule has 0 N–H and O–H groups in total. The minimum absolute atomic E-state index is 0.0952. The molecule has 4 heteroatoms. The highest BCUT2D eigenvalue weighted by Crippen LogP contribution is 2.51. The largest absolute Gasteiger partial charge is 0.311 e. The molecule has 0 bridgehead atoms. The third kappa shape index (κ3) is 13.5. The smallest absolute Gasteiger partial charge is 0.252 e. The Morgan fingerprint density at radius 2 is 0.573 bits per heavy atom. The molecule has 2 aliphatic heterocycles. The topological polar surface area (TPSA) is 19.4 Å². The van der Waals surface area contributed by atoms with Crippen LogP contribution in [0.2, 0.25) is 0 Å². The molecular formula is C99H100BN3. The van der Waals surface area contributed by atoms with Crippen LogP contribution in [0.1, 0.15) is 193 Å². The number of rotatable bonds is 11. The molecule has 3 heterocycles. The fourth-order valence-corrected chi connectivity index (χ4v) is 17.1. The van der Waals surface area contributed by atoms with E-state index in [1.165, 1.54) is 187 Å². The molecule has 0 atom stereocenters. The first-order valence-corrected chi connectivity index (χ1v) is 38.5. The second kappa shape index (κ2) is 26.8. The summed E-state index contributed by atoms with van der Waals surface area (Å²) in [5.41, 5.74) is 34.8. The van der Waals surface area contributed by atoms with E-state index in [1.807, 2.05) is 0 Å². The SMILES string of the molecule is CC(C)(C)c1cc(-c2cc(-c3cc(C(C)(C)C)cc(C(C)(C)C)c3)nc(-c3cc4c5c(c3)N(c3cc(-c6ccccc6)cc(-c6ccccc6)c3)c3ccc(C6CCCCC6)cc3B5c3cc(C5CCCCC5)ccc3N4c3cc(-c4ccccc4)cc(-c4ccccc4)c3)c2)cc(C(C)(C)C)c1. The number of fused-ring (bicyclic) bond motifs is 4. The monoisotopic (exact) mass is 1340 g/mol. The maximum Gasteiger partial charge on any atom is 0.252 e. The zero-order valence-electron chi connectivity index (χ0n) is 62.9. The first-order valence-electron chi connectivity index (χ1n) is 38.5. The van der Waals surface area contributed by atoms with E-state index in [-0.39, 0.29) is 28.4 Å². The number of hydrogen-bond donors (Lipinski definition) is 0. The summed E-state index contributed by atoms with van der Waals surface area (Å²) in [5.74, 6) is 1.01. The van der Waals surface area contributed by atoms with Gasteiger partial charge in [-0.3, -0.25) is 0 Å². The number of hydrogen-bond acceptors (Lipinski definition) is 3. The Balaban J connectivity index is 1.06. The van der Waals surface area contributed by atoms with E-state index >= 15 is 0 Å². The van der Waals surface area contributed by atoms with E-state index in [9.17, 15) is 0 Å². The molecule has 4 aliphatic rings. The maximum absolute atomic E-state index is 6.14. The second-order valence-corrected chi connectivity index (χ2v) is 34.6. The van der Waals surface area contributed by atoms with Crippen molar-refractivity contribution in [1.29, 1.82) is 0 Å². The third-order valence-corrected chi connectivity index (χ3v) is 23.1. The van der Waals surface area contributed by atoms with Gasteiger partial charge in [0, 0.05) is 45.3 Å². The predicted octanol–water partition coefficient (Wildman–Crippen LogP) is 26.1. The van der Waals surface area contributed by atoms with Gasteiger partial charge >= 0.3 is 0 Å². The minimum atomic E-state index is -0.110. The van der Waals surface area contributed by atoms with Crippen LogP contribution in [-0.4, -0.2) is 11.7 Å². The molecule has 514 valence electrons. The average molecular weight is 1340 g/mol. The summed E-state index contributed by atoms with van der Waals surface area (Å²) in [6.07, 6.45) is 12.6. The van der Waals surface area contributed by atoms with Crippen molar-refractivity contribution in [2.24, 2.45) is 0 Å². The normalized spacial score (nSPS) is 15.0. The van der Waals surface area contributed by atoms with Gasteiger partial charge in [0.25, 0.3) is 6.71 Å². The highest BCUT2D eigenvalue weighted by molar-refractivity contribution is 7.00. The van der Waals surface area contributed by atoms with Crippen LogP contribution in [0, 0.1) is 0 Å². The van der Waals surface area contributed by atoms with E-state index < -0.39 is 0 Å². The molecule has 3 nitrogen and oxygen atoms in total. The Kier molecular flexibility index (Phi) is 17.6. The van der Waals surface area contributed by atoms with Crippen molar-refractivity contribution in [3.05, 3.63) is 288 Å². The molecule has 2 fully saturated rings. The first-order chi connectivity index (χ1) is 49.5. The lowest BCUT2D eigenvalue weighted by molar-refractivity contribution is 0.444. The van der Waals surface area contributed by atoms with Crippen LogP contribution in [0.5, 0.6) is 0 Å². The Labute approximate surface area is 615 Å². The molecule has 2 saturated carbocycles. The lowest BCUT2D eigenvalue weighted by Gasteiger charge is -2.45. The van der Waals surface area contributed by atoms with Gasteiger partial charge in [-0.05, 0) is 250 Å². The van der Waals surface area contributed by atoms with Crippen molar-refractivity contribution in [3.8, 4) is 78.1 Å². The first kappa shape index (κ1) is 67.7. The summed E-state index contributed by atoms with van der Waals surface area (Å²) in [6.45, 7) is 28.2. The Morgan fingerprint density at radius 1 is 0.272 bits per heavy atom. The van der Waals surface area contributed by atoms with Crippen LogP contribution in [0.15, 0.2) is 255 Å². The lowest BCUT2D eigenvalue weighted by atomic mass is 9.33. The van der Waals surface area contributed by atoms with E-state index in [0.29, 0.717) is 11.8 Å². The van der Waals surface area contributed by atoms with Crippen molar-refractivity contribution < 1.29 is 0 Å². The van der Waals surface area contributed by atoms with Crippen molar-refractivity contribution in [1.82, 2.24) is 4.98 Å². The summed E-state index contributed by atoms with van der Waals surface area (Å²) in [6, 6.07) is 99.2. The van der Waals surface area contributed by atoms with Gasteiger partial charge in [0.05, 0.1) is 11.4 Å². The van der Waals surface area contributed by atoms with Crippen LogP contribution >= 0.6 is 0 Å². The van der Waals surface area contributed by atoms with Gasteiger partial charge in [-0.15, -0.1) is 0 Å². The van der Waals surface area contributed by atoms with E-state index in [0.717, 1.165) is 39.5 Å². The summed E-state index contributed by atoms with van der Waals surface area (Å²) in [5, 5.41) is 0. The summed E-state index contributed by atoms with van der Waals surface area (Å²) >= 11 is 0. The zero-order valence-corrected chi connectivity index (χ0v) is 62.9. The number of benzene rings is 11. The van der Waals surface area contributed by atoms with Crippen LogP contribution in [0.4, 0.5) is 34.1 Å². The number of nitrogens with zero attached hydrogens (tertiary/aromatic N) is 3. The van der Waals surface area contributed by atoms with Crippen molar-refractivity contribution in [2.45, 2.75) is 181 Å². The van der Waals surface area contributed by atoms with Crippen molar-refractivity contribution >= 4 is 57.2 Å². The number of pyridine rings is 1. The van der Waals surface area contributed by atoms with Gasteiger partial charge in [0.2, 0.25) is 0 Å². The molecule has 2 aliphatic carbocycles. The maximum atomic E-state index is 6.14. The fraction of sp³-hybridized carbons (Fsp3) is 0.283. The van der Waals surface area contributed by atoms with Crippen molar-refractivity contribution in [2.75, 3.05) is 9.80 Å². The van der Waals surface area contributed by atoms with Gasteiger partial charge in [0.1, 0.15) is 0 Å².